The molecule has 0 saturated heterocycles. The van der Waals surface area contributed by atoms with E-state index in [4.69, 9.17) is 4.42 Å². The van der Waals surface area contributed by atoms with Crippen LogP contribution in [0.25, 0.3) is 33.7 Å². The van der Waals surface area contributed by atoms with Gasteiger partial charge < -0.3 is 4.42 Å². The van der Waals surface area contributed by atoms with Crippen molar-refractivity contribution in [3.8, 4) is 22.8 Å². The summed E-state index contributed by atoms with van der Waals surface area (Å²) in [4.78, 5) is 4.62. The summed E-state index contributed by atoms with van der Waals surface area (Å²) in [5.41, 5.74) is 3.39. The molecule has 19 heavy (non-hydrogen) atoms. The number of para-hydroxylation sites is 1. The molecule has 4 nitrogen and oxygen atoms in total. The molecule has 0 spiro atoms. The summed E-state index contributed by atoms with van der Waals surface area (Å²) in [6.45, 7) is 0. The minimum Gasteiger partial charge on any atom is -0.445 e. The zero-order valence-corrected chi connectivity index (χ0v) is 9.95. The van der Waals surface area contributed by atoms with E-state index in [-0.39, 0.29) is 0 Å². The van der Waals surface area contributed by atoms with Crippen molar-refractivity contribution in [1.29, 1.82) is 0 Å². The molecule has 0 N–H and O–H groups in total. The van der Waals surface area contributed by atoms with Crippen LogP contribution < -0.4 is 0 Å². The van der Waals surface area contributed by atoms with Gasteiger partial charge in [-0.05, 0) is 24.3 Å². The summed E-state index contributed by atoms with van der Waals surface area (Å²) < 4.78 is 5.30. The summed E-state index contributed by atoms with van der Waals surface area (Å²) in [7, 11) is 0. The summed E-state index contributed by atoms with van der Waals surface area (Å²) in [5, 5.41) is 9.30. The lowest BCUT2D eigenvalue weighted by Gasteiger charge is -2.01. The molecule has 3 heterocycles. The predicted molar refractivity (Wildman–Crippen MR) is 71.7 cm³/mol. The Hall–Kier alpha value is -2.75. The molecule has 1 aromatic carbocycles. The van der Waals surface area contributed by atoms with Crippen LogP contribution >= 0.6 is 0 Å². The van der Waals surface area contributed by atoms with E-state index in [9.17, 15) is 0 Å². The van der Waals surface area contributed by atoms with Crippen molar-refractivity contribution in [3.63, 3.8) is 0 Å². The van der Waals surface area contributed by atoms with Crippen LogP contribution in [0, 0.1) is 0 Å². The molecule has 0 aliphatic carbocycles. The van der Waals surface area contributed by atoms with E-state index >= 15 is 0 Å². The highest BCUT2D eigenvalue weighted by atomic mass is 16.3. The summed E-state index contributed by atoms with van der Waals surface area (Å²) in [5.74, 6) is 0.535. The average molecular weight is 247 g/mol. The highest BCUT2D eigenvalue weighted by molar-refractivity contribution is 5.83. The van der Waals surface area contributed by atoms with Gasteiger partial charge in [-0.3, -0.25) is 0 Å². The Morgan fingerprint density at radius 3 is 2.79 bits per heavy atom. The van der Waals surface area contributed by atoms with E-state index in [2.05, 4.69) is 15.2 Å². The molecule has 2 aliphatic rings. The fourth-order valence-electron chi connectivity index (χ4n) is 2.17. The smallest absolute Gasteiger partial charge is 0.247 e. The van der Waals surface area contributed by atoms with E-state index in [1.807, 2.05) is 48.5 Å². The molecule has 2 aliphatic heterocycles. The van der Waals surface area contributed by atoms with Gasteiger partial charge in [0, 0.05) is 5.39 Å². The monoisotopic (exact) mass is 247 g/mol. The molecule has 4 rings (SSSR count). The maximum absolute atomic E-state index is 5.30. The van der Waals surface area contributed by atoms with Crippen LogP contribution in [0.4, 0.5) is 0 Å². The lowest BCUT2D eigenvalue weighted by Crippen LogP contribution is -1.86. The molecule has 0 radical (unpaired) electrons. The third-order valence-corrected chi connectivity index (χ3v) is 3.09. The van der Waals surface area contributed by atoms with Gasteiger partial charge in [-0.1, -0.05) is 24.3 Å². The lowest BCUT2D eigenvalue weighted by molar-refractivity contribution is 0.547. The summed E-state index contributed by atoms with van der Waals surface area (Å²) >= 11 is 0. The molecule has 2 aromatic rings. The van der Waals surface area contributed by atoms with Crippen molar-refractivity contribution < 1.29 is 4.42 Å². The number of benzene rings is 1. The second kappa shape index (κ2) is 3.88. The number of aromatic nitrogens is 3. The summed E-state index contributed by atoms with van der Waals surface area (Å²) in [6, 6.07) is 15.8. The Balaban J connectivity index is 1.95. The maximum Gasteiger partial charge on any atom is 0.247 e. The van der Waals surface area contributed by atoms with Gasteiger partial charge in [0.05, 0.1) is 23.0 Å². The molecular weight excluding hydrogens is 238 g/mol. The molecule has 4 heteroatoms. The Kier molecular flexibility index (Phi) is 2.08. The normalized spacial score (nSPS) is 11.2. The largest absolute Gasteiger partial charge is 0.445 e. The minimum absolute atomic E-state index is 0.535. The molecule has 0 unspecified atom stereocenters. The highest BCUT2D eigenvalue weighted by Gasteiger charge is 2.17. The van der Waals surface area contributed by atoms with Crippen LogP contribution in [0.2, 0.25) is 0 Å². The first-order valence-corrected chi connectivity index (χ1v) is 5.98. The molecule has 0 amide bonds. The number of fused-ring (bicyclic) bond motifs is 2. The van der Waals surface area contributed by atoms with Crippen molar-refractivity contribution in [2.24, 2.45) is 0 Å². The second-order valence-electron chi connectivity index (χ2n) is 4.27. The van der Waals surface area contributed by atoms with Gasteiger partial charge in [-0.15, -0.1) is 10.2 Å². The lowest BCUT2D eigenvalue weighted by atomic mass is 10.1. The van der Waals surface area contributed by atoms with Gasteiger partial charge >= 0.3 is 0 Å². The minimum atomic E-state index is 0.535. The van der Waals surface area contributed by atoms with Gasteiger partial charge in [0.2, 0.25) is 5.89 Å². The SMILES string of the molecule is c1coc2nnc(-c3ccc4ccccc4n3)c-2c1. The fourth-order valence-corrected chi connectivity index (χ4v) is 2.17. The van der Waals surface area contributed by atoms with Crippen LogP contribution in [0.3, 0.4) is 0 Å². The second-order valence-corrected chi connectivity index (χ2v) is 4.27. The van der Waals surface area contributed by atoms with Crippen LogP contribution in [0.15, 0.2) is 59.2 Å². The Bertz CT molecular complexity index is 837. The number of hydrogen-bond donors (Lipinski definition) is 0. The van der Waals surface area contributed by atoms with Crippen molar-refractivity contribution >= 4 is 10.9 Å². The number of hydrogen-bond acceptors (Lipinski definition) is 4. The van der Waals surface area contributed by atoms with Gasteiger partial charge in [0.15, 0.2) is 0 Å². The van der Waals surface area contributed by atoms with Gasteiger partial charge in [-0.25, -0.2) is 4.98 Å². The summed E-state index contributed by atoms with van der Waals surface area (Å²) in [6.07, 6.45) is 1.59. The number of rotatable bonds is 1. The van der Waals surface area contributed by atoms with Crippen molar-refractivity contribution in [2.75, 3.05) is 0 Å². The van der Waals surface area contributed by atoms with Crippen molar-refractivity contribution in [1.82, 2.24) is 15.2 Å². The Morgan fingerprint density at radius 1 is 0.842 bits per heavy atom. The first kappa shape index (κ1) is 10.2. The maximum atomic E-state index is 5.30. The third kappa shape index (κ3) is 1.57. The Labute approximate surface area is 109 Å². The highest BCUT2D eigenvalue weighted by Crippen LogP contribution is 2.30. The quantitative estimate of drug-likeness (QED) is 0.517. The molecule has 0 saturated carbocycles. The third-order valence-electron chi connectivity index (χ3n) is 3.09. The van der Waals surface area contributed by atoms with Gasteiger partial charge in [-0.2, -0.15) is 0 Å². The van der Waals surface area contributed by atoms with Crippen LogP contribution in [-0.2, 0) is 0 Å². The van der Waals surface area contributed by atoms with Crippen LogP contribution in [0.1, 0.15) is 0 Å². The van der Waals surface area contributed by atoms with E-state index in [0.717, 1.165) is 27.9 Å². The fraction of sp³-hybridized carbons (Fsp3) is 0. The van der Waals surface area contributed by atoms with E-state index in [1.165, 1.54) is 0 Å². The van der Waals surface area contributed by atoms with Crippen LogP contribution in [-0.4, -0.2) is 15.2 Å². The number of nitrogens with zero attached hydrogens (tertiary/aromatic N) is 3. The Morgan fingerprint density at radius 2 is 1.79 bits per heavy atom. The van der Waals surface area contributed by atoms with Crippen molar-refractivity contribution in [3.05, 3.63) is 54.8 Å². The van der Waals surface area contributed by atoms with E-state index in [0.29, 0.717) is 5.89 Å². The zero-order valence-electron chi connectivity index (χ0n) is 9.95. The van der Waals surface area contributed by atoms with Gasteiger partial charge in [0.1, 0.15) is 5.69 Å². The van der Waals surface area contributed by atoms with Crippen LogP contribution in [0.5, 0.6) is 0 Å². The number of pyridine rings is 1. The molecule has 0 atom stereocenters. The molecular formula is C15H9N3O. The molecule has 1 aromatic heterocycles. The average Bonchev–Trinajstić information content (AvgIpc) is 2.91. The van der Waals surface area contributed by atoms with Gasteiger partial charge in [0.25, 0.3) is 0 Å². The topological polar surface area (TPSA) is 51.8 Å². The molecule has 0 fully saturated rings. The first-order chi connectivity index (χ1) is 9.42. The zero-order chi connectivity index (χ0) is 12.7. The van der Waals surface area contributed by atoms with E-state index < -0.39 is 0 Å². The predicted octanol–water partition coefficient (Wildman–Crippen LogP) is 3.39. The van der Waals surface area contributed by atoms with Crippen molar-refractivity contribution in [2.45, 2.75) is 0 Å². The molecule has 0 bridgehead atoms. The van der Waals surface area contributed by atoms with E-state index in [1.54, 1.807) is 6.26 Å². The standard InChI is InChI=1S/C15H9N3O/c1-2-6-12-10(4-1)7-8-13(16-12)14-11-5-3-9-19-15(11)18-17-14/h1-9H. The molecule has 90 valence electrons. The first-order valence-electron chi connectivity index (χ1n) is 5.98.